The minimum absolute atomic E-state index is 0.185. The van der Waals surface area contributed by atoms with E-state index in [1.54, 1.807) is 0 Å². The van der Waals surface area contributed by atoms with Gasteiger partial charge in [-0.3, -0.25) is 0 Å². The molecule has 0 amide bonds. The summed E-state index contributed by atoms with van der Waals surface area (Å²) in [4.78, 5) is 0. The Balaban J connectivity index is 2.44. The molecule has 70 valence electrons. The highest BCUT2D eigenvalue weighted by Gasteiger charge is 2.25. The van der Waals surface area contributed by atoms with Crippen LogP contribution in [0.5, 0.6) is 5.75 Å². The summed E-state index contributed by atoms with van der Waals surface area (Å²) in [6.45, 7) is 4.48. The molecule has 0 aromatic heterocycles. The van der Waals surface area contributed by atoms with Crippen LogP contribution < -0.4 is 4.74 Å². The molecule has 0 aliphatic carbocycles. The monoisotopic (exact) mass is 178 g/mol. The van der Waals surface area contributed by atoms with Crippen molar-refractivity contribution >= 4 is 0 Å². The summed E-state index contributed by atoms with van der Waals surface area (Å²) in [6.07, 6.45) is -0.366. The number of aliphatic hydroxyl groups excluding tert-OH is 1. The first-order chi connectivity index (χ1) is 6.18. The molecule has 0 saturated carbocycles. The average Bonchev–Trinajstić information content (AvgIpc) is 2.12. The highest BCUT2D eigenvalue weighted by molar-refractivity contribution is 5.41. The van der Waals surface area contributed by atoms with Crippen molar-refractivity contribution in [3.63, 3.8) is 0 Å². The second-order valence-electron chi connectivity index (χ2n) is 3.71. The molecule has 0 radical (unpaired) electrons. The van der Waals surface area contributed by atoms with Crippen molar-refractivity contribution in [2.24, 2.45) is 0 Å². The molecule has 2 atom stereocenters. The number of fused-ring (bicyclic) bond motifs is 1. The summed E-state index contributed by atoms with van der Waals surface area (Å²) in [5, 5.41) is 9.57. The lowest BCUT2D eigenvalue weighted by molar-refractivity contribution is 0.0713. The first kappa shape index (κ1) is 8.57. The summed E-state index contributed by atoms with van der Waals surface area (Å²) in [7, 11) is 0. The van der Waals surface area contributed by atoms with Gasteiger partial charge < -0.3 is 9.84 Å². The molecule has 2 nitrogen and oxygen atoms in total. The fraction of sp³-hybridized carbons (Fsp3) is 0.455. The SMILES string of the molecule is Cc1ccc2c(c1)OC[C@H](O)[C@@H]2C. The lowest BCUT2D eigenvalue weighted by Gasteiger charge is -2.27. The molecule has 1 aliphatic heterocycles. The summed E-state index contributed by atoms with van der Waals surface area (Å²) in [5.41, 5.74) is 2.31. The Morgan fingerprint density at radius 1 is 1.46 bits per heavy atom. The molecule has 13 heavy (non-hydrogen) atoms. The van der Waals surface area contributed by atoms with Crippen molar-refractivity contribution in [3.8, 4) is 5.75 Å². The van der Waals surface area contributed by atoms with Crippen LogP contribution in [0.3, 0.4) is 0 Å². The third-order valence-corrected chi connectivity index (χ3v) is 2.65. The van der Waals surface area contributed by atoms with E-state index in [0.29, 0.717) is 6.61 Å². The summed E-state index contributed by atoms with van der Waals surface area (Å²) in [6, 6.07) is 6.12. The molecular weight excluding hydrogens is 164 g/mol. The van der Waals surface area contributed by atoms with Crippen LogP contribution in [0.2, 0.25) is 0 Å². The maximum Gasteiger partial charge on any atom is 0.123 e. The number of benzene rings is 1. The highest BCUT2D eigenvalue weighted by Crippen LogP contribution is 2.33. The highest BCUT2D eigenvalue weighted by atomic mass is 16.5. The van der Waals surface area contributed by atoms with E-state index < -0.39 is 0 Å². The van der Waals surface area contributed by atoms with E-state index in [2.05, 4.69) is 6.07 Å². The zero-order chi connectivity index (χ0) is 9.42. The van der Waals surface area contributed by atoms with Gasteiger partial charge in [-0.1, -0.05) is 19.1 Å². The van der Waals surface area contributed by atoms with Gasteiger partial charge in [0.2, 0.25) is 0 Å². The standard InChI is InChI=1S/C11H14O2/c1-7-3-4-9-8(2)10(12)6-13-11(9)5-7/h3-5,8,10,12H,6H2,1-2H3/t8-,10+/m1/s1. The summed E-state index contributed by atoms with van der Waals surface area (Å²) in [5.74, 6) is 1.11. The predicted octanol–water partition coefficient (Wildman–Crippen LogP) is 1.85. The number of ether oxygens (including phenoxy) is 1. The Hall–Kier alpha value is -1.02. The predicted molar refractivity (Wildman–Crippen MR) is 51.1 cm³/mol. The van der Waals surface area contributed by atoms with Crippen LogP contribution in [-0.4, -0.2) is 17.8 Å². The molecule has 1 aliphatic rings. The lowest BCUT2D eigenvalue weighted by atomic mass is 9.92. The van der Waals surface area contributed by atoms with E-state index in [-0.39, 0.29) is 12.0 Å². The van der Waals surface area contributed by atoms with Crippen molar-refractivity contribution in [2.75, 3.05) is 6.61 Å². The molecule has 0 saturated heterocycles. The van der Waals surface area contributed by atoms with Crippen LogP contribution >= 0.6 is 0 Å². The Labute approximate surface area is 78.2 Å². The molecular formula is C11H14O2. The Kier molecular flexibility index (Phi) is 2.00. The number of hydrogen-bond donors (Lipinski definition) is 1. The van der Waals surface area contributed by atoms with Gasteiger partial charge in [0.25, 0.3) is 0 Å². The maximum absolute atomic E-state index is 9.57. The molecule has 2 heteroatoms. The number of rotatable bonds is 0. The van der Waals surface area contributed by atoms with E-state index in [1.165, 1.54) is 5.56 Å². The van der Waals surface area contributed by atoms with E-state index in [0.717, 1.165) is 11.3 Å². The van der Waals surface area contributed by atoms with Gasteiger partial charge in [-0.2, -0.15) is 0 Å². The van der Waals surface area contributed by atoms with Gasteiger partial charge >= 0.3 is 0 Å². The minimum Gasteiger partial charge on any atom is -0.491 e. The van der Waals surface area contributed by atoms with Gasteiger partial charge in [-0.05, 0) is 24.1 Å². The second-order valence-corrected chi connectivity index (χ2v) is 3.71. The lowest BCUT2D eigenvalue weighted by Crippen LogP contribution is -2.28. The van der Waals surface area contributed by atoms with Gasteiger partial charge in [0.1, 0.15) is 12.4 Å². The number of hydrogen-bond acceptors (Lipinski definition) is 2. The van der Waals surface area contributed by atoms with Crippen LogP contribution in [0, 0.1) is 6.92 Å². The smallest absolute Gasteiger partial charge is 0.123 e. The molecule has 0 fully saturated rings. The molecule has 0 unspecified atom stereocenters. The van der Waals surface area contributed by atoms with Crippen molar-refractivity contribution in [1.82, 2.24) is 0 Å². The van der Waals surface area contributed by atoms with Gasteiger partial charge in [0.05, 0.1) is 6.10 Å². The molecule has 2 rings (SSSR count). The van der Waals surface area contributed by atoms with Gasteiger partial charge in [0.15, 0.2) is 0 Å². The molecule has 1 heterocycles. The Morgan fingerprint density at radius 3 is 3.00 bits per heavy atom. The molecule has 1 N–H and O–H groups in total. The van der Waals surface area contributed by atoms with Crippen molar-refractivity contribution in [2.45, 2.75) is 25.9 Å². The zero-order valence-corrected chi connectivity index (χ0v) is 7.95. The normalized spacial score (nSPS) is 26.4. The topological polar surface area (TPSA) is 29.5 Å². The molecule has 0 bridgehead atoms. The zero-order valence-electron chi connectivity index (χ0n) is 7.95. The van der Waals surface area contributed by atoms with Gasteiger partial charge in [-0.15, -0.1) is 0 Å². The van der Waals surface area contributed by atoms with Gasteiger partial charge in [-0.25, -0.2) is 0 Å². The van der Waals surface area contributed by atoms with Crippen molar-refractivity contribution in [3.05, 3.63) is 29.3 Å². The molecule has 0 spiro atoms. The van der Waals surface area contributed by atoms with Crippen LogP contribution in [-0.2, 0) is 0 Å². The molecule has 1 aromatic rings. The average molecular weight is 178 g/mol. The fourth-order valence-corrected chi connectivity index (χ4v) is 1.67. The van der Waals surface area contributed by atoms with Crippen molar-refractivity contribution < 1.29 is 9.84 Å². The first-order valence-corrected chi connectivity index (χ1v) is 4.60. The summed E-state index contributed by atoms with van der Waals surface area (Å²) >= 11 is 0. The van der Waals surface area contributed by atoms with Crippen LogP contribution in [0.4, 0.5) is 0 Å². The van der Waals surface area contributed by atoms with E-state index in [4.69, 9.17) is 4.74 Å². The molecule has 1 aromatic carbocycles. The third-order valence-electron chi connectivity index (χ3n) is 2.65. The van der Waals surface area contributed by atoms with Crippen LogP contribution in [0.25, 0.3) is 0 Å². The minimum atomic E-state index is -0.366. The number of aliphatic hydroxyl groups is 1. The van der Waals surface area contributed by atoms with E-state index in [1.807, 2.05) is 26.0 Å². The largest absolute Gasteiger partial charge is 0.491 e. The third kappa shape index (κ3) is 1.42. The first-order valence-electron chi connectivity index (χ1n) is 4.60. The van der Waals surface area contributed by atoms with Crippen LogP contribution in [0.15, 0.2) is 18.2 Å². The van der Waals surface area contributed by atoms with E-state index >= 15 is 0 Å². The quantitative estimate of drug-likeness (QED) is 0.657. The Bertz CT molecular complexity index is 320. The summed E-state index contributed by atoms with van der Waals surface area (Å²) < 4.78 is 5.44. The Morgan fingerprint density at radius 2 is 2.23 bits per heavy atom. The van der Waals surface area contributed by atoms with E-state index in [9.17, 15) is 5.11 Å². The second kappa shape index (κ2) is 3.04. The fourth-order valence-electron chi connectivity index (χ4n) is 1.67. The maximum atomic E-state index is 9.57. The van der Waals surface area contributed by atoms with Crippen molar-refractivity contribution in [1.29, 1.82) is 0 Å². The van der Waals surface area contributed by atoms with Crippen LogP contribution in [0.1, 0.15) is 24.0 Å². The van der Waals surface area contributed by atoms with Gasteiger partial charge in [0, 0.05) is 5.92 Å². The number of aryl methyl sites for hydroxylation is 1.